The van der Waals surface area contributed by atoms with E-state index in [2.05, 4.69) is 12.2 Å². The van der Waals surface area contributed by atoms with Crippen LogP contribution in [-0.2, 0) is 31.9 Å². The highest BCUT2D eigenvalue weighted by atomic mass is 32.1. The summed E-state index contributed by atoms with van der Waals surface area (Å²) in [6, 6.07) is 0. The molecule has 0 saturated heterocycles. The van der Waals surface area contributed by atoms with Crippen molar-refractivity contribution in [3.05, 3.63) is 16.0 Å². The van der Waals surface area contributed by atoms with Crippen LogP contribution < -0.4 is 5.32 Å². The predicted molar refractivity (Wildman–Crippen MR) is 91.3 cm³/mol. The van der Waals surface area contributed by atoms with E-state index in [0.29, 0.717) is 16.5 Å². The fourth-order valence-electron chi connectivity index (χ4n) is 2.84. The van der Waals surface area contributed by atoms with Gasteiger partial charge in [0.15, 0.2) is 6.61 Å². The molecule has 0 unspecified atom stereocenters. The van der Waals surface area contributed by atoms with Crippen molar-refractivity contribution in [3.8, 4) is 0 Å². The number of anilines is 1. The number of hydrogen-bond donors (Lipinski definition) is 1. The molecule has 1 N–H and O–H groups in total. The Morgan fingerprint density at radius 2 is 2.00 bits per heavy atom. The Bertz CT molecular complexity index is 637. The van der Waals surface area contributed by atoms with Gasteiger partial charge in [-0.1, -0.05) is 13.3 Å². The first kappa shape index (κ1) is 18.4. The summed E-state index contributed by atoms with van der Waals surface area (Å²) in [6.45, 7) is 5.08. The third kappa shape index (κ3) is 4.35. The SMILES string of the molecule is CCOC(=O)c1c(NC(=O)COC(C)=O)sc2c1CC[C@H](CC)C2. The number of esters is 2. The summed E-state index contributed by atoms with van der Waals surface area (Å²) in [4.78, 5) is 36.2. The normalized spacial score (nSPS) is 16.2. The molecule has 24 heavy (non-hydrogen) atoms. The van der Waals surface area contributed by atoms with Gasteiger partial charge in [-0.2, -0.15) is 0 Å². The molecule has 0 aromatic carbocycles. The molecule has 1 aliphatic rings. The smallest absolute Gasteiger partial charge is 0.341 e. The van der Waals surface area contributed by atoms with Crippen LogP contribution in [0.1, 0.15) is 54.4 Å². The van der Waals surface area contributed by atoms with Crippen LogP contribution in [0.3, 0.4) is 0 Å². The van der Waals surface area contributed by atoms with Crippen molar-refractivity contribution in [2.45, 2.75) is 46.5 Å². The van der Waals surface area contributed by atoms with Gasteiger partial charge in [-0.05, 0) is 37.7 Å². The summed E-state index contributed by atoms with van der Waals surface area (Å²) >= 11 is 1.42. The predicted octanol–water partition coefficient (Wildman–Crippen LogP) is 2.94. The molecule has 0 bridgehead atoms. The molecule has 2 rings (SSSR count). The largest absolute Gasteiger partial charge is 0.462 e. The van der Waals surface area contributed by atoms with Gasteiger partial charge < -0.3 is 14.8 Å². The molecule has 7 heteroatoms. The first-order valence-corrected chi connectivity index (χ1v) is 9.02. The fourth-order valence-corrected chi connectivity index (χ4v) is 4.21. The highest BCUT2D eigenvalue weighted by Gasteiger charge is 2.29. The van der Waals surface area contributed by atoms with E-state index in [1.165, 1.54) is 18.3 Å². The van der Waals surface area contributed by atoms with Crippen molar-refractivity contribution in [3.63, 3.8) is 0 Å². The third-order valence-corrected chi connectivity index (χ3v) is 5.25. The van der Waals surface area contributed by atoms with Crippen molar-refractivity contribution in [1.82, 2.24) is 0 Å². The van der Waals surface area contributed by atoms with Gasteiger partial charge >= 0.3 is 11.9 Å². The Labute approximate surface area is 145 Å². The average Bonchev–Trinajstić information content (AvgIpc) is 2.89. The first-order chi connectivity index (χ1) is 11.5. The average molecular weight is 353 g/mol. The molecule has 0 aliphatic heterocycles. The number of amides is 1. The number of fused-ring (bicyclic) bond motifs is 1. The summed E-state index contributed by atoms with van der Waals surface area (Å²) in [5.74, 6) is -0.781. The summed E-state index contributed by atoms with van der Waals surface area (Å²) < 4.78 is 9.85. The van der Waals surface area contributed by atoms with Gasteiger partial charge in [0.05, 0.1) is 12.2 Å². The zero-order chi connectivity index (χ0) is 17.7. The highest BCUT2D eigenvalue weighted by Crippen LogP contribution is 2.40. The lowest BCUT2D eigenvalue weighted by molar-refractivity contribution is -0.144. The minimum absolute atomic E-state index is 0.280. The quantitative estimate of drug-likeness (QED) is 0.795. The van der Waals surface area contributed by atoms with Crippen molar-refractivity contribution in [2.75, 3.05) is 18.5 Å². The van der Waals surface area contributed by atoms with Gasteiger partial charge in [-0.15, -0.1) is 11.3 Å². The number of hydrogen-bond acceptors (Lipinski definition) is 6. The van der Waals surface area contributed by atoms with Crippen molar-refractivity contribution in [2.24, 2.45) is 5.92 Å². The number of rotatable bonds is 6. The maximum Gasteiger partial charge on any atom is 0.341 e. The van der Waals surface area contributed by atoms with Crippen molar-refractivity contribution < 1.29 is 23.9 Å². The van der Waals surface area contributed by atoms with Gasteiger partial charge in [0.1, 0.15) is 5.00 Å². The Morgan fingerprint density at radius 3 is 2.62 bits per heavy atom. The number of carbonyl (C=O) groups is 3. The molecule has 6 nitrogen and oxygen atoms in total. The minimum Gasteiger partial charge on any atom is -0.462 e. The van der Waals surface area contributed by atoms with Crippen molar-refractivity contribution >= 4 is 34.2 Å². The van der Waals surface area contributed by atoms with E-state index < -0.39 is 17.8 Å². The van der Waals surface area contributed by atoms with Crippen LogP contribution in [0.15, 0.2) is 0 Å². The van der Waals surface area contributed by atoms with Crippen LogP contribution in [0, 0.1) is 5.92 Å². The lowest BCUT2D eigenvalue weighted by Gasteiger charge is -2.20. The third-order valence-electron chi connectivity index (χ3n) is 4.08. The molecule has 1 aromatic rings. The Morgan fingerprint density at radius 1 is 1.25 bits per heavy atom. The van der Waals surface area contributed by atoms with E-state index >= 15 is 0 Å². The molecule has 0 saturated carbocycles. The highest BCUT2D eigenvalue weighted by molar-refractivity contribution is 7.17. The topological polar surface area (TPSA) is 81.7 Å². The van der Waals surface area contributed by atoms with E-state index in [9.17, 15) is 14.4 Å². The molecule has 1 atom stereocenters. The molecule has 1 amide bonds. The van der Waals surface area contributed by atoms with Gasteiger partial charge in [0.2, 0.25) is 0 Å². The lowest BCUT2D eigenvalue weighted by atomic mass is 9.85. The number of nitrogens with one attached hydrogen (secondary N) is 1. The van der Waals surface area contributed by atoms with Crippen LogP contribution >= 0.6 is 11.3 Å². The van der Waals surface area contributed by atoms with Crippen LogP contribution in [0.4, 0.5) is 5.00 Å². The molecular weight excluding hydrogens is 330 g/mol. The molecule has 0 radical (unpaired) electrons. The van der Waals surface area contributed by atoms with E-state index in [-0.39, 0.29) is 13.2 Å². The second-order valence-corrected chi connectivity index (χ2v) is 6.88. The maximum atomic E-state index is 12.3. The standard InChI is InChI=1S/C17H23NO5S/c1-4-11-6-7-12-13(8-11)24-16(15(12)17(21)22-5-2)18-14(20)9-23-10(3)19/h11H,4-9H2,1-3H3,(H,18,20)/t11-/m0/s1. The summed E-state index contributed by atoms with van der Waals surface area (Å²) in [6.07, 6.45) is 3.87. The Kier molecular flexibility index (Phi) is 6.36. The lowest BCUT2D eigenvalue weighted by Crippen LogP contribution is -2.21. The molecule has 0 spiro atoms. The minimum atomic E-state index is -0.521. The first-order valence-electron chi connectivity index (χ1n) is 8.21. The summed E-state index contributed by atoms with van der Waals surface area (Å²) in [5, 5.41) is 3.19. The molecule has 1 aliphatic carbocycles. The number of ether oxygens (including phenoxy) is 2. The van der Waals surface area contributed by atoms with E-state index in [1.807, 2.05) is 0 Å². The van der Waals surface area contributed by atoms with Gasteiger partial charge in [-0.25, -0.2) is 4.79 Å². The van der Waals surface area contributed by atoms with Crippen LogP contribution in [-0.4, -0.2) is 31.1 Å². The van der Waals surface area contributed by atoms with E-state index in [1.54, 1.807) is 6.92 Å². The van der Waals surface area contributed by atoms with Crippen molar-refractivity contribution in [1.29, 1.82) is 0 Å². The molecular formula is C17H23NO5S. The molecule has 132 valence electrons. The van der Waals surface area contributed by atoms with E-state index in [0.717, 1.165) is 36.1 Å². The molecule has 1 aromatic heterocycles. The fraction of sp³-hybridized carbons (Fsp3) is 0.588. The zero-order valence-corrected chi connectivity index (χ0v) is 15.1. The second-order valence-electron chi connectivity index (χ2n) is 5.77. The number of thiophene rings is 1. The maximum absolute atomic E-state index is 12.3. The second kappa shape index (κ2) is 8.28. The Hall–Kier alpha value is -1.89. The zero-order valence-electron chi connectivity index (χ0n) is 14.3. The number of carbonyl (C=O) groups excluding carboxylic acids is 3. The van der Waals surface area contributed by atoms with Gasteiger partial charge in [0, 0.05) is 11.8 Å². The van der Waals surface area contributed by atoms with Gasteiger partial charge in [0.25, 0.3) is 5.91 Å². The molecule has 1 heterocycles. The van der Waals surface area contributed by atoms with Crippen LogP contribution in [0.5, 0.6) is 0 Å². The van der Waals surface area contributed by atoms with E-state index in [4.69, 9.17) is 9.47 Å². The van der Waals surface area contributed by atoms with Gasteiger partial charge in [-0.3, -0.25) is 9.59 Å². The summed E-state index contributed by atoms with van der Waals surface area (Å²) in [7, 11) is 0. The Balaban J connectivity index is 2.25. The summed E-state index contributed by atoms with van der Waals surface area (Å²) in [5.41, 5.74) is 1.45. The monoisotopic (exact) mass is 353 g/mol. The molecule has 0 fully saturated rings. The van der Waals surface area contributed by atoms with Crippen LogP contribution in [0.25, 0.3) is 0 Å². The van der Waals surface area contributed by atoms with Crippen LogP contribution in [0.2, 0.25) is 0 Å².